The number of nitrogens with two attached hydrogens (primary N) is 1. The van der Waals surface area contributed by atoms with Crippen molar-refractivity contribution in [3.8, 4) is 0 Å². The van der Waals surface area contributed by atoms with Gasteiger partial charge in [0, 0.05) is 31.3 Å². The van der Waals surface area contributed by atoms with Gasteiger partial charge in [0.2, 0.25) is 5.91 Å². The van der Waals surface area contributed by atoms with Crippen molar-refractivity contribution in [2.45, 2.75) is 58.3 Å². The highest BCUT2D eigenvalue weighted by molar-refractivity contribution is 5.84. The van der Waals surface area contributed by atoms with Crippen molar-refractivity contribution in [1.29, 1.82) is 0 Å². The molecular formula is C24H36N4O5. The second-order valence-electron chi connectivity index (χ2n) is 8.00. The zero-order valence-corrected chi connectivity index (χ0v) is 19.8. The van der Waals surface area contributed by atoms with Crippen LogP contribution < -0.4 is 11.1 Å². The number of hydrogen-bond donors (Lipinski definition) is 3. The molecule has 9 heteroatoms. The van der Waals surface area contributed by atoms with E-state index in [9.17, 15) is 9.59 Å². The van der Waals surface area contributed by atoms with Crippen LogP contribution in [0, 0.1) is 0 Å². The molecule has 4 N–H and O–H groups in total. The maximum Gasteiger partial charge on any atom is 0.404 e. The molecule has 9 nitrogen and oxygen atoms in total. The number of hydrogen-bond acceptors (Lipinski definition) is 6. The number of pyridine rings is 1. The number of ether oxygens (including phenoxy) is 2. The van der Waals surface area contributed by atoms with E-state index in [4.69, 9.17) is 20.3 Å². The predicted octanol–water partition coefficient (Wildman–Crippen LogP) is 3.12. The van der Waals surface area contributed by atoms with Gasteiger partial charge in [-0.15, -0.1) is 0 Å². The van der Waals surface area contributed by atoms with E-state index in [1.165, 1.54) is 0 Å². The van der Waals surface area contributed by atoms with Crippen LogP contribution in [0.2, 0.25) is 0 Å². The summed E-state index contributed by atoms with van der Waals surface area (Å²) >= 11 is 0. The molecule has 0 bridgehead atoms. The van der Waals surface area contributed by atoms with Crippen molar-refractivity contribution in [1.82, 2.24) is 15.2 Å². The van der Waals surface area contributed by atoms with Gasteiger partial charge in [0.15, 0.2) is 5.72 Å². The highest BCUT2D eigenvalue weighted by Gasteiger charge is 2.38. The largest absolute Gasteiger partial charge is 0.465 e. The van der Waals surface area contributed by atoms with Gasteiger partial charge in [-0.25, -0.2) is 4.79 Å². The lowest BCUT2D eigenvalue weighted by atomic mass is 10.0. The summed E-state index contributed by atoms with van der Waals surface area (Å²) in [5.41, 5.74) is 7.01. The summed E-state index contributed by atoms with van der Waals surface area (Å²) < 4.78 is 11.7. The Hall–Kier alpha value is -2.75. The number of unbranched alkanes of at least 4 members (excludes halogenated alkanes) is 1. The van der Waals surface area contributed by atoms with Gasteiger partial charge in [0.05, 0.1) is 24.7 Å². The number of benzene rings is 1. The number of nitrogens with zero attached hydrogens (tertiary/aromatic N) is 2. The van der Waals surface area contributed by atoms with Gasteiger partial charge in [0.25, 0.3) is 0 Å². The van der Waals surface area contributed by atoms with Crippen molar-refractivity contribution in [2.75, 3.05) is 26.4 Å². The van der Waals surface area contributed by atoms with E-state index in [0.717, 1.165) is 16.5 Å². The number of para-hydroxylation sites is 1. The van der Waals surface area contributed by atoms with Gasteiger partial charge < -0.3 is 30.5 Å². The van der Waals surface area contributed by atoms with Gasteiger partial charge >= 0.3 is 6.09 Å². The van der Waals surface area contributed by atoms with Crippen molar-refractivity contribution < 1.29 is 24.2 Å². The quantitative estimate of drug-likeness (QED) is 0.292. The third-order valence-corrected chi connectivity index (χ3v) is 5.45. The fraction of sp³-hybridized carbons (Fsp3) is 0.542. The van der Waals surface area contributed by atoms with E-state index < -0.39 is 17.9 Å². The first-order chi connectivity index (χ1) is 15.8. The van der Waals surface area contributed by atoms with Crippen molar-refractivity contribution in [2.24, 2.45) is 5.73 Å². The predicted molar refractivity (Wildman–Crippen MR) is 127 cm³/mol. The number of nitrogens with one attached hydrogen (secondary N) is 1. The number of fused-ring (bicyclic) bond motifs is 1. The molecule has 182 valence electrons. The van der Waals surface area contributed by atoms with Crippen LogP contribution in [0.3, 0.4) is 0 Å². The SMILES string of the molecule is CCOCC(C)(OCC)N(Cc1cccc2cccnc12)C(=O)C(N)CCCCNC(=O)O. The molecule has 0 aliphatic heterocycles. The molecule has 2 aromatic rings. The molecule has 0 aliphatic carbocycles. The minimum absolute atomic E-state index is 0.205. The summed E-state index contributed by atoms with van der Waals surface area (Å²) in [6, 6.07) is 8.99. The Labute approximate surface area is 195 Å². The van der Waals surface area contributed by atoms with Crippen molar-refractivity contribution in [3.63, 3.8) is 0 Å². The molecule has 0 saturated carbocycles. The van der Waals surface area contributed by atoms with Crippen LogP contribution in [0.15, 0.2) is 36.5 Å². The molecule has 2 atom stereocenters. The molecule has 0 spiro atoms. The minimum atomic E-state index is -1.06. The number of carbonyl (C=O) groups is 2. The number of aromatic nitrogens is 1. The normalized spacial score (nSPS) is 13.9. The first-order valence-corrected chi connectivity index (χ1v) is 11.4. The molecule has 2 rings (SSSR count). The zero-order valence-electron chi connectivity index (χ0n) is 19.8. The summed E-state index contributed by atoms with van der Waals surface area (Å²) in [5, 5.41) is 12.0. The molecule has 1 heterocycles. The highest BCUT2D eigenvalue weighted by atomic mass is 16.6. The Balaban J connectivity index is 2.27. The molecule has 33 heavy (non-hydrogen) atoms. The van der Waals surface area contributed by atoms with Crippen LogP contribution in [0.5, 0.6) is 0 Å². The fourth-order valence-electron chi connectivity index (χ4n) is 3.75. The van der Waals surface area contributed by atoms with Crippen LogP contribution in [0.4, 0.5) is 4.79 Å². The lowest BCUT2D eigenvalue weighted by molar-refractivity contribution is -0.191. The Morgan fingerprint density at radius 2 is 1.97 bits per heavy atom. The summed E-state index contributed by atoms with van der Waals surface area (Å²) in [4.78, 5) is 30.3. The van der Waals surface area contributed by atoms with Crippen LogP contribution >= 0.6 is 0 Å². The molecule has 0 saturated heterocycles. The van der Waals surface area contributed by atoms with E-state index in [2.05, 4.69) is 10.3 Å². The van der Waals surface area contributed by atoms with Crippen molar-refractivity contribution >= 4 is 22.9 Å². The van der Waals surface area contributed by atoms with Crippen LogP contribution in [-0.2, 0) is 20.8 Å². The second kappa shape index (κ2) is 13.1. The molecular weight excluding hydrogens is 424 g/mol. The average molecular weight is 461 g/mol. The van der Waals surface area contributed by atoms with E-state index in [1.54, 1.807) is 11.1 Å². The second-order valence-corrected chi connectivity index (χ2v) is 8.00. The molecule has 0 radical (unpaired) electrons. The fourth-order valence-corrected chi connectivity index (χ4v) is 3.75. The van der Waals surface area contributed by atoms with Gasteiger partial charge in [-0.1, -0.05) is 24.3 Å². The van der Waals surface area contributed by atoms with Crippen LogP contribution in [0.1, 0.15) is 45.6 Å². The van der Waals surface area contributed by atoms with E-state index >= 15 is 0 Å². The Morgan fingerprint density at radius 3 is 2.67 bits per heavy atom. The van der Waals surface area contributed by atoms with Crippen LogP contribution in [0.25, 0.3) is 10.9 Å². The van der Waals surface area contributed by atoms with E-state index in [1.807, 2.05) is 51.1 Å². The Kier molecular flexibility index (Phi) is 10.5. The number of rotatable bonds is 14. The summed E-state index contributed by atoms with van der Waals surface area (Å²) in [5.74, 6) is -0.246. The molecule has 2 amide bonds. The lowest BCUT2D eigenvalue weighted by Crippen LogP contribution is -2.58. The molecule has 1 aromatic carbocycles. The van der Waals surface area contributed by atoms with E-state index in [-0.39, 0.29) is 19.1 Å². The van der Waals surface area contributed by atoms with Crippen molar-refractivity contribution in [3.05, 3.63) is 42.1 Å². The average Bonchev–Trinajstić information content (AvgIpc) is 2.80. The Bertz CT molecular complexity index is 904. The van der Waals surface area contributed by atoms with Gasteiger partial charge in [-0.05, 0) is 51.7 Å². The number of carboxylic acid groups (broad SMARTS) is 1. The zero-order chi connectivity index (χ0) is 24.3. The van der Waals surface area contributed by atoms with Gasteiger partial charge in [0.1, 0.15) is 0 Å². The monoisotopic (exact) mass is 460 g/mol. The van der Waals surface area contributed by atoms with E-state index in [0.29, 0.717) is 39.0 Å². The third kappa shape index (κ3) is 7.66. The number of carbonyl (C=O) groups excluding carboxylic acids is 1. The Morgan fingerprint density at radius 1 is 1.21 bits per heavy atom. The summed E-state index contributed by atoms with van der Waals surface area (Å²) in [6.45, 7) is 7.29. The molecule has 0 fully saturated rings. The first-order valence-electron chi connectivity index (χ1n) is 11.4. The smallest absolute Gasteiger partial charge is 0.404 e. The van der Waals surface area contributed by atoms with Gasteiger partial charge in [-0.3, -0.25) is 9.78 Å². The molecule has 2 unspecified atom stereocenters. The summed E-state index contributed by atoms with van der Waals surface area (Å²) in [7, 11) is 0. The molecule has 0 aliphatic rings. The maximum atomic E-state index is 13.6. The standard InChI is InChI=1S/C24H36N4O5/c1-4-32-17-24(3,33-5-2)28(22(29)20(25)13-6-7-14-27-23(30)31)16-19-11-8-10-18-12-9-15-26-21(18)19/h8-12,15,20,27H,4-7,13-14,16-17,25H2,1-3H3,(H,30,31). The number of amides is 2. The first kappa shape index (κ1) is 26.5. The third-order valence-electron chi connectivity index (χ3n) is 5.45. The highest BCUT2D eigenvalue weighted by Crippen LogP contribution is 2.26. The summed E-state index contributed by atoms with van der Waals surface area (Å²) in [6.07, 6.45) is 2.32. The topological polar surface area (TPSA) is 127 Å². The molecule has 1 aromatic heterocycles. The maximum absolute atomic E-state index is 13.6. The minimum Gasteiger partial charge on any atom is -0.465 e. The lowest BCUT2D eigenvalue weighted by Gasteiger charge is -2.42. The van der Waals surface area contributed by atoms with Gasteiger partial charge in [-0.2, -0.15) is 0 Å². The van der Waals surface area contributed by atoms with Crippen LogP contribution in [-0.4, -0.2) is 65.1 Å².